The summed E-state index contributed by atoms with van der Waals surface area (Å²) >= 11 is 0. The Hall–Kier alpha value is -0.730. The first kappa shape index (κ1) is 17.1. The smallest absolute Gasteiger partial charge is 0.186 e. The van der Waals surface area contributed by atoms with Gasteiger partial charge in [0.05, 0.1) is 0 Å². The van der Waals surface area contributed by atoms with Gasteiger partial charge in [0.1, 0.15) is 5.83 Å². The molecular weight excluding hydrogens is 297 g/mol. The van der Waals surface area contributed by atoms with E-state index in [9.17, 15) is 13.2 Å². The first-order chi connectivity index (χ1) is 11.1. The molecule has 0 heterocycles. The SMILES string of the molecule is CCC1CCC(C2CCC(C3=CC(F)C(F)C(F)=C3)CC2)CC1. The predicted molar refractivity (Wildman–Crippen MR) is 88.3 cm³/mol. The van der Waals surface area contributed by atoms with Crippen molar-refractivity contribution in [3.63, 3.8) is 0 Å². The van der Waals surface area contributed by atoms with E-state index in [1.165, 1.54) is 44.3 Å². The van der Waals surface area contributed by atoms with Crippen molar-refractivity contribution in [1.29, 1.82) is 0 Å². The van der Waals surface area contributed by atoms with Gasteiger partial charge in [-0.05, 0) is 79.9 Å². The van der Waals surface area contributed by atoms with Crippen LogP contribution in [0, 0.1) is 23.7 Å². The average molecular weight is 326 g/mol. The summed E-state index contributed by atoms with van der Waals surface area (Å²) in [7, 11) is 0. The third kappa shape index (κ3) is 3.85. The van der Waals surface area contributed by atoms with Gasteiger partial charge >= 0.3 is 0 Å². The third-order valence-corrected chi connectivity index (χ3v) is 6.58. The first-order valence-corrected chi connectivity index (χ1v) is 9.45. The topological polar surface area (TPSA) is 0 Å². The molecule has 0 nitrogen and oxygen atoms in total. The van der Waals surface area contributed by atoms with Crippen LogP contribution in [0.3, 0.4) is 0 Å². The van der Waals surface area contributed by atoms with E-state index in [0.717, 1.165) is 43.4 Å². The molecule has 0 bridgehead atoms. The molecule has 3 heteroatoms. The molecule has 0 saturated heterocycles. The number of hydrogen-bond acceptors (Lipinski definition) is 0. The van der Waals surface area contributed by atoms with Crippen molar-refractivity contribution in [3.05, 3.63) is 23.6 Å². The van der Waals surface area contributed by atoms with Crippen molar-refractivity contribution in [2.75, 3.05) is 0 Å². The zero-order valence-corrected chi connectivity index (χ0v) is 14.1. The lowest BCUT2D eigenvalue weighted by atomic mass is 9.67. The molecule has 0 amide bonds. The maximum atomic E-state index is 13.5. The van der Waals surface area contributed by atoms with Crippen LogP contribution in [0.25, 0.3) is 0 Å². The molecule has 23 heavy (non-hydrogen) atoms. The van der Waals surface area contributed by atoms with Crippen molar-refractivity contribution in [3.8, 4) is 0 Å². The van der Waals surface area contributed by atoms with Crippen molar-refractivity contribution < 1.29 is 13.2 Å². The van der Waals surface area contributed by atoms with Gasteiger partial charge < -0.3 is 0 Å². The van der Waals surface area contributed by atoms with Gasteiger partial charge in [-0.15, -0.1) is 0 Å². The highest BCUT2D eigenvalue weighted by Gasteiger charge is 2.34. The summed E-state index contributed by atoms with van der Waals surface area (Å²) in [6.07, 6.45) is 9.76. The normalized spacial score (nSPS) is 42.1. The molecule has 0 aromatic rings. The Bertz CT molecular complexity index is 452. The molecule has 3 aliphatic rings. The fraction of sp³-hybridized carbons (Fsp3) is 0.800. The molecule has 0 radical (unpaired) electrons. The molecule has 2 fully saturated rings. The summed E-state index contributed by atoms with van der Waals surface area (Å²) in [5, 5.41) is 0. The average Bonchev–Trinajstić information content (AvgIpc) is 2.59. The molecule has 130 valence electrons. The van der Waals surface area contributed by atoms with E-state index in [0.29, 0.717) is 5.57 Å². The quantitative estimate of drug-likeness (QED) is 0.557. The summed E-state index contributed by atoms with van der Waals surface area (Å²) in [5.74, 6) is 1.86. The van der Waals surface area contributed by atoms with Gasteiger partial charge in [0.25, 0.3) is 0 Å². The Morgan fingerprint density at radius 2 is 1.48 bits per heavy atom. The molecular formula is C20H29F3. The van der Waals surface area contributed by atoms with Crippen molar-refractivity contribution in [1.82, 2.24) is 0 Å². The van der Waals surface area contributed by atoms with Gasteiger partial charge in [0, 0.05) is 0 Å². The molecule has 3 aliphatic carbocycles. The van der Waals surface area contributed by atoms with Crippen LogP contribution in [0.2, 0.25) is 0 Å². The van der Waals surface area contributed by atoms with E-state index in [1.807, 2.05) is 0 Å². The number of rotatable bonds is 3. The predicted octanol–water partition coefficient (Wildman–Crippen LogP) is 6.48. The van der Waals surface area contributed by atoms with Crippen LogP contribution in [0.5, 0.6) is 0 Å². The fourth-order valence-electron chi connectivity index (χ4n) is 4.95. The molecule has 0 spiro atoms. The Balaban J connectivity index is 1.52. The maximum absolute atomic E-state index is 13.5. The monoisotopic (exact) mass is 326 g/mol. The number of hydrogen-bond donors (Lipinski definition) is 0. The van der Waals surface area contributed by atoms with E-state index in [1.54, 1.807) is 0 Å². The standard InChI is InChI=1S/C20H29F3/c1-2-13-3-5-14(6-4-13)15-7-9-16(10-8-15)17-11-18(21)20(23)19(22)12-17/h11-16,18,20H,2-10H2,1H3. The van der Waals surface area contributed by atoms with Crippen LogP contribution in [0.1, 0.15) is 64.7 Å². The Morgan fingerprint density at radius 3 is 2.00 bits per heavy atom. The summed E-state index contributed by atoms with van der Waals surface area (Å²) in [6, 6.07) is 0. The molecule has 0 aromatic heterocycles. The summed E-state index contributed by atoms with van der Waals surface area (Å²) < 4.78 is 40.2. The number of halogens is 3. The molecule has 0 aromatic carbocycles. The maximum Gasteiger partial charge on any atom is 0.186 e. The number of allylic oxidation sites excluding steroid dienone is 4. The Kier molecular flexibility index (Phi) is 5.53. The molecule has 2 saturated carbocycles. The second-order valence-electron chi connectivity index (χ2n) is 7.84. The lowest BCUT2D eigenvalue weighted by molar-refractivity contribution is 0.151. The van der Waals surface area contributed by atoms with E-state index in [4.69, 9.17) is 0 Å². The summed E-state index contributed by atoms with van der Waals surface area (Å²) in [4.78, 5) is 0. The second-order valence-corrected chi connectivity index (χ2v) is 7.84. The zero-order valence-electron chi connectivity index (χ0n) is 14.1. The zero-order chi connectivity index (χ0) is 16.4. The molecule has 0 aliphatic heterocycles. The van der Waals surface area contributed by atoms with Gasteiger partial charge in [-0.2, -0.15) is 0 Å². The van der Waals surface area contributed by atoms with E-state index < -0.39 is 18.2 Å². The third-order valence-electron chi connectivity index (χ3n) is 6.58. The first-order valence-electron chi connectivity index (χ1n) is 9.45. The summed E-state index contributed by atoms with van der Waals surface area (Å²) in [6.45, 7) is 2.29. The van der Waals surface area contributed by atoms with Crippen molar-refractivity contribution in [2.24, 2.45) is 23.7 Å². The minimum Gasteiger partial charge on any atom is -0.239 e. The highest BCUT2D eigenvalue weighted by molar-refractivity contribution is 5.32. The van der Waals surface area contributed by atoms with Crippen molar-refractivity contribution >= 4 is 0 Å². The highest BCUT2D eigenvalue weighted by atomic mass is 19.2. The molecule has 0 N–H and O–H groups in total. The van der Waals surface area contributed by atoms with E-state index >= 15 is 0 Å². The van der Waals surface area contributed by atoms with Crippen molar-refractivity contribution in [2.45, 2.75) is 77.1 Å². The minimum atomic E-state index is -2.09. The second kappa shape index (κ2) is 7.44. The lowest BCUT2D eigenvalue weighted by Gasteiger charge is -2.38. The van der Waals surface area contributed by atoms with E-state index in [-0.39, 0.29) is 5.92 Å². The highest BCUT2D eigenvalue weighted by Crippen LogP contribution is 2.44. The van der Waals surface area contributed by atoms with Gasteiger partial charge in [0.15, 0.2) is 12.3 Å². The van der Waals surface area contributed by atoms with Crippen LogP contribution in [-0.4, -0.2) is 12.3 Å². The van der Waals surface area contributed by atoms with Gasteiger partial charge in [-0.25, -0.2) is 13.2 Å². The number of alkyl halides is 2. The molecule has 2 atom stereocenters. The van der Waals surface area contributed by atoms with Gasteiger partial charge in [-0.1, -0.05) is 26.2 Å². The van der Waals surface area contributed by atoms with E-state index in [2.05, 4.69) is 6.92 Å². The van der Waals surface area contributed by atoms with Gasteiger partial charge in [0.2, 0.25) is 0 Å². The fourth-order valence-corrected chi connectivity index (χ4v) is 4.95. The Labute approximate surface area is 138 Å². The Morgan fingerprint density at radius 1 is 0.913 bits per heavy atom. The van der Waals surface area contributed by atoms with Crippen LogP contribution in [0.15, 0.2) is 23.6 Å². The molecule has 3 rings (SSSR count). The van der Waals surface area contributed by atoms with Crippen LogP contribution < -0.4 is 0 Å². The minimum absolute atomic E-state index is 0.217. The van der Waals surface area contributed by atoms with Crippen LogP contribution in [0.4, 0.5) is 13.2 Å². The summed E-state index contributed by atoms with van der Waals surface area (Å²) in [5.41, 5.74) is 0.692. The molecule has 2 unspecified atom stereocenters. The largest absolute Gasteiger partial charge is 0.239 e. The van der Waals surface area contributed by atoms with Gasteiger partial charge in [-0.3, -0.25) is 0 Å². The van der Waals surface area contributed by atoms with Crippen LogP contribution in [-0.2, 0) is 0 Å². The lowest BCUT2D eigenvalue weighted by Crippen LogP contribution is -2.27. The van der Waals surface area contributed by atoms with Crippen LogP contribution >= 0.6 is 0 Å².